The lowest BCUT2D eigenvalue weighted by Gasteiger charge is -2.28. The van der Waals surface area contributed by atoms with Crippen LogP contribution in [0, 0.1) is 0 Å². The Hall–Kier alpha value is -1.61. The molecule has 0 radical (unpaired) electrons. The van der Waals surface area contributed by atoms with Crippen molar-refractivity contribution in [1.82, 2.24) is 4.90 Å². The zero-order valence-electron chi connectivity index (χ0n) is 10.4. The van der Waals surface area contributed by atoms with Crippen LogP contribution in [0.5, 0.6) is 0 Å². The Balaban J connectivity index is 2.97. The van der Waals surface area contributed by atoms with E-state index in [9.17, 15) is 9.90 Å². The number of aliphatic hydroxyl groups is 1. The number of amides is 1. The predicted molar refractivity (Wildman–Crippen MR) is 68.5 cm³/mol. The first-order chi connectivity index (χ1) is 7.99. The number of rotatable bonds is 5. The molecule has 0 aromatic heterocycles. The predicted octanol–water partition coefficient (Wildman–Crippen LogP) is 1.93. The Bertz CT molecular complexity index is 386. The number of hydrogen-bond donors (Lipinski definition) is 1. The van der Waals surface area contributed by atoms with Gasteiger partial charge in [0.2, 0.25) is 5.91 Å². The van der Waals surface area contributed by atoms with Crippen molar-refractivity contribution in [3.8, 4) is 0 Å². The first-order valence-electron chi connectivity index (χ1n) is 5.58. The summed E-state index contributed by atoms with van der Waals surface area (Å²) in [6.07, 6.45) is 2.06. The maximum atomic E-state index is 11.7. The summed E-state index contributed by atoms with van der Waals surface area (Å²) < 4.78 is 0. The normalized spacial score (nSPS) is 13.8. The third kappa shape index (κ3) is 3.43. The largest absolute Gasteiger partial charge is 0.384 e. The zero-order valence-corrected chi connectivity index (χ0v) is 10.4. The highest BCUT2D eigenvalue weighted by Crippen LogP contribution is 2.29. The van der Waals surface area contributed by atoms with Gasteiger partial charge in [0, 0.05) is 14.1 Å². The van der Waals surface area contributed by atoms with Crippen LogP contribution in [0.4, 0.5) is 0 Å². The Morgan fingerprint density at radius 2 is 2.00 bits per heavy atom. The molecule has 0 aliphatic heterocycles. The molecule has 1 atom stereocenters. The molecule has 92 valence electrons. The molecule has 0 fully saturated rings. The molecule has 1 amide bonds. The van der Waals surface area contributed by atoms with Gasteiger partial charge in [-0.15, -0.1) is 6.58 Å². The summed E-state index contributed by atoms with van der Waals surface area (Å²) >= 11 is 0. The maximum absolute atomic E-state index is 11.7. The summed E-state index contributed by atoms with van der Waals surface area (Å²) in [5.41, 5.74) is -0.417. The van der Waals surface area contributed by atoms with Crippen LogP contribution in [0.2, 0.25) is 0 Å². The highest BCUT2D eigenvalue weighted by atomic mass is 16.3. The molecular formula is C14H19NO2. The van der Waals surface area contributed by atoms with Crippen molar-refractivity contribution in [1.29, 1.82) is 0 Å². The molecule has 0 aliphatic carbocycles. The molecule has 1 aromatic carbocycles. The van der Waals surface area contributed by atoms with E-state index in [0.29, 0.717) is 6.42 Å². The number of benzene rings is 1. The molecule has 0 aliphatic rings. The van der Waals surface area contributed by atoms with Crippen LogP contribution < -0.4 is 0 Å². The molecule has 1 N–H and O–H groups in total. The van der Waals surface area contributed by atoms with E-state index in [1.54, 1.807) is 20.2 Å². The lowest BCUT2D eigenvalue weighted by atomic mass is 9.87. The first-order valence-corrected chi connectivity index (χ1v) is 5.58. The van der Waals surface area contributed by atoms with Crippen molar-refractivity contribution >= 4 is 5.91 Å². The van der Waals surface area contributed by atoms with Crippen LogP contribution >= 0.6 is 0 Å². The van der Waals surface area contributed by atoms with Gasteiger partial charge in [-0.25, -0.2) is 0 Å². The second-order valence-electron chi connectivity index (χ2n) is 4.36. The van der Waals surface area contributed by atoms with Crippen molar-refractivity contribution in [2.75, 3.05) is 14.1 Å². The van der Waals surface area contributed by atoms with Crippen LogP contribution in [0.15, 0.2) is 43.0 Å². The van der Waals surface area contributed by atoms with E-state index in [1.165, 1.54) is 4.90 Å². The standard InChI is InChI=1S/C14H19NO2/c1-4-10-14(17,11-13(16)15(2)3)12-8-6-5-7-9-12/h4-9,17H,1,10-11H2,2-3H3. The van der Waals surface area contributed by atoms with Crippen molar-refractivity contribution in [3.63, 3.8) is 0 Å². The molecule has 3 nitrogen and oxygen atoms in total. The Kier molecular flexibility index (Phi) is 4.46. The van der Waals surface area contributed by atoms with Crippen molar-refractivity contribution < 1.29 is 9.90 Å². The number of carbonyl (C=O) groups excluding carboxylic acids is 1. The fraction of sp³-hybridized carbons (Fsp3) is 0.357. The van der Waals surface area contributed by atoms with Crippen molar-refractivity contribution in [2.24, 2.45) is 0 Å². The van der Waals surface area contributed by atoms with Gasteiger partial charge in [-0.05, 0) is 12.0 Å². The number of carbonyl (C=O) groups is 1. The van der Waals surface area contributed by atoms with Crippen molar-refractivity contribution in [2.45, 2.75) is 18.4 Å². The van der Waals surface area contributed by atoms with Gasteiger partial charge in [0.1, 0.15) is 5.60 Å². The average molecular weight is 233 g/mol. The van der Waals surface area contributed by atoms with E-state index in [1.807, 2.05) is 30.3 Å². The fourth-order valence-corrected chi connectivity index (χ4v) is 1.69. The molecule has 17 heavy (non-hydrogen) atoms. The minimum Gasteiger partial charge on any atom is -0.384 e. The van der Waals surface area contributed by atoms with Gasteiger partial charge in [0.25, 0.3) is 0 Å². The number of hydrogen-bond acceptors (Lipinski definition) is 2. The lowest BCUT2D eigenvalue weighted by molar-refractivity contribution is -0.134. The molecule has 0 saturated heterocycles. The fourth-order valence-electron chi connectivity index (χ4n) is 1.69. The van der Waals surface area contributed by atoms with Gasteiger partial charge in [-0.1, -0.05) is 36.4 Å². The van der Waals surface area contributed by atoms with Crippen molar-refractivity contribution in [3.05, 3.63) is 48.6 Å². The van der Waals surface area contributed by atoms with E-state index < -0.39 is 5.60 Å². The second kappa shape index (κ2) is 5.64. The molecule has 0 spiro atoms. The Morgan fingerprint density at radius 1 is 1.41 bits per heavy atom. The molecule has 0 saturated carbocycles. The van der Waals surface area contributed by atoms with Gasteiger partial charge < -0.3 is 10.0 Å². The van der Waals surface area contributed by atoms with E-state index in [-0.39, 0.29) is 12.3 Å². The van der Waals surface area contributed by atoms with Crippen LogP contribution in [-0.2, 0) is 10.4 Å². The first kappa shape index (κ1) is 13.5. The zero-order chi connectivity index (χ0) is 12.9. The summed E-state index contributed by atoms with van der Waals surface area (Å²) in [5.74, 6) is -0.0989. The second-order valence-corrected chi connectivity index (χ2v) is 4.36. The van der Waals surface area contributed by atoms with Gasteiger partial charge in [-0.3, -0.25) is 4.79 Å². The molecule has 1 rings (SSSR count). The summed E-state index contributed by atoms with van der Waals surface area (Å²) in [4.78, 5) is 13.2. The van der Waals surface area contributed by atoms with Crippen LogP contribution in [0.1, 0.15) is 18.4 Å². The monoisotopic (exact) mass is 233 g/mol. The van der Waals surface area contributed by atoms with E-state index in [2.05, 4.69) is 6.58 Å². The summed E-state index contributed by atoms with van der Waals surface area (Å²) in [6.45, 7) is 3.64. The van der Waals surface area contributed by atoms with Gasteiger partial charge in [0.15, 0.2) is 0 Å². The molecule has 1 unspecified atom stereocenters. The highest BCUT2D eigenvalue weighted by Gasteiger charge is 2.31. The van der Waals surface area contributed by atoms with Gasteiger partial charge in [0.05, 0.1) is 6.42 Å². The minimum atomic E-state index is -1.16. The summed E-state index contributed by atoms with van der Waals surface area (Å²) in [5, 5.41) is 10.6. The molecule has 0 bridgehead atoms. The smallest absolute Gasteiger partial charge is 0.225 e. The van der Waals surface area contributed by atoms with Crippen LogP contribution in [-0.4, -0.2) is 30.0 Å². The third-order valence-corrected chi connectivity index (χ3v) is 2.74. The van der Waals surface area contributed by atoms with E-state index in [4.69, 9.17) is 0 Å². The van der Waals surface area contributed by atoms with E-state index in [0.717, 1.165) is 5.56 Å². The lowest BCUT2D eigenvalue weighted by Crippen LogP contribution is -2.34. The highest BCUT2D eigenvalue weighted by molar-refractivity contribution is 5.77. The average Bonchev–Trinajstić information content (AvgIpc) is 2.30. The third-order valence-electron chi connectivity index (χ3n) is 2.74. The Morgan fingerprint density at radius 3 is 2.47 bits per heavy atom. The van der Waals surface area contributed by atoms with Crippen LogP contribution in [0.3, 0.4) is 0 Å². The van der Waals surface area contributed by atoms with Gasteiger partial charge in [-0.2, -0.15) is 0 Å². The SMILES string of the molecule is C=CCC(O)(CC(=O)N(C)C)c1ccccc1. The topological polar surface area (TPSA) is 40.5 Å². The summed E-state index contributed by atoms with van der Waals surface area (Å²) in [6, 6.07) is 9.23. The number of nitrogens with zero attached hydrogens (tertiary/aromatic N) is 1. The maximum Gasteiger partial charge on any atom is 0.225 e. The quantitative estimate of drug-likeness (QED) is 0.789. The summed E-state index contributed by atoms with van der Waals surface area (Å²) in [7, 11) is 3.36. The Labute approximate surface area is 102 Å². The van der Waals surface area contributed by atoms with Gasteiger partial charge >= 0.3 is 0 Å². The molecular weight excluding hydrogens is 214 g/mol. The minimum absolute atomic E-state index is 0.0655. The van der Waals surface area contributed by atoms with E-state index >= 15 is 0 Å². The molecule has 0 heterocycles. The molecule has 3 heteroatoms. The molecule has 1 aromatic rings. The van der Waals surface area contributed by atoms with Crippen LogP contribution in [0.25, 0.3) is 0 Å².